The van der Waals surface area contributed by atoms with Crippen LogP contribution in [0.5, 0.6) is 0 Å². The average molecular weight is 298 g/mol. The topological polar surface area (TPSA) is 12.0 Å². The molecule has 0 aromatic heterocycles. The summed E-state index contributed by atoms with van der Waals surface area (Å²) in [6.45, 7) is 6.77. The molecule has 0 bridgehead atoms. The smallest absolute Gasteiger partial charge is 0.0320 e. The molecule has 1 unspecified atom stereocenters. The van der Waals surface area contributed by atoms with Crippen LogP contribution in [0.15, 0.2) is 22.7 Å². The minimum Gasteiger partial charge on any atom is -0.313 e. The van der Waals surface area contributed by atoms with Gasteiger partial charge in [0.15, 0.2) is 0 Å². The Morgan fingerprint density at radius 2 is 1.94 bits per heavy atom. The first-order valence-corrected chi connectivity index (χ1v) is 7.27. The van der Waals surface area contributed by atoms with E-state index in [9.17, 15) is 0 Å². The lowest BCUT2D eigenvalue weighted by Gasteiger charge is -2.20. The predicted octanol–water partition coefficient (Wildman–Crippen LogP) is 4.84. The van der Waals surface area contributed by atoms with E-state index in [4.69, 9.17) is 0 Å². The number of halogens is 1. The first kappa shape index (κ1) is 14.7. The maximum atomic E-state index is 3.61. The van der Waals surface area contributed by atoms with Crippen molar-refractivity contribution in [2.45, 2.75) is 46.1 Å². The van der Waals surface area contributed by atoms with Crippen LogP contribution >= 0.6 is 15.9 Å². The Bertz CT molecular complexity index is 347. The molecule has 0 spiro atoms. The van der Waals surface area contributed by atoms with Crippen molar-refractivity contribution in [1.29, 1.82) is 0 Å². The van der Waals surface area contributed by atoms with Gasteiger partial charge in [-0.1, -0.05) is 54.8 Å². The van der Waals surface area contributed by atoms with Gasteiger partial charge in [-0.2, -0.15) is 0 Å². The van der Waals surface area contributed by atoms with E-state index < -0.39 is 0 Å². The van der Waals surface area contributed by atoms with Crippen LogP contribution in [0.25, 0.3) is 0 Å². The summed E-state index contributed by atoms with van der Waals surface area (Å²) < 4.78 is 1.21. The lowest BCUT2D eigenvalue weighted by Crippen LogP contribution is -2.17. The van der Waals surface area contributed by atoms with E-state index in [-0.39, 0.29) is 0 Å². The van der Waals surface area contributed by atoms with Gasteiger partial charge in [-0.3, -0.25) is 0 Å². The molecule has 1 aromatic rings. The molecule has 0 aliphatic carbocycles. The van der Waals surface area contributed by atoms with Crippen molar-refractivity contribution in [3.63, 3.8) is 0 Å². The molecule has 1 aromatic carbocycles. The van der Waals surface area contributed by atoms with Gasteiger partial charge in [-0.15, -0.1) is 0 Å². The number of benzene rings is 1. The third kappa shape index (κ3) is 4.44. The molecule has 0 saturated carbocycles. The van der Waals surface area contributed by atoms with Gasteiger partial charge < -0.3 is 5.32 Å². The number of hydrogen-bond acceptors (Lipinski definition) is 1. The fraction of sp³-hybridized carbons (Fsp3) is 0.600. The van der Waals surface area contributed by atoms with Crippen LogP contribution < -0.4 is 5.32 Å². The summed E-state index contributed by atoms with van der Waals surface area (Å²) in [4.78, 5) is 0. The van der Waals surface area contributed by atoms with Crippen molar-refractivity contribution < 1.29 is 0 Å². The highest BCUT2D eigenvalue weighted by atomic mass is 79.9. The molecule has 0 saturated heterocycles. The second-order valence-electron chi connectivity index (χ2n) is 5.12. The van der Waals surface area contributed by atoms with Crippen molar-refractivity contribution in [1.82, 2.24) is 5.32 Å². The zero-order valence-corrected chi connectivity index (χ0v) is 13.0. The van der Waals surface area contributed by atoms with Crippen molar-refractivity contribution in [3.8, 4) is 0 Å². The Morgan fingerprint density at radius 1 is 1.24 bits per heavy atom. The standard InChI is InChI=1S/C15H24BrN/c1-11(2)7-5-10-15(17-4)13-8-6-9-14(16)12(13)3/h6,8-9,11,15,17H,5,7,10H2,1-4H3. The van der Waals surface area contributed by atoms with Gasteiger partial charge in [0.05, 0.1) is 0 Å². The summed E-state index contributed by atoms with van der Waals surface area (Å²) in [7, 11) is 2.06. The van der Waals surface area contributed by atoms with Crippen LogP contribution in [0.2, 0.25) is 0 Å². The minimum atomic E-state index is 0.478. The lowest BCUT2D eigenvalue weighted by atomic mass is 9.95. The fourth-order valence-electron chi connectivity index (χ4n) is 2.19. The van der Waals surface area contributed by atoms with Crippen LogP contribution in [0.3, 0.4) is 0 Å². The molecule has 96 valence electrons. The van der Waals surface area contributed by atoms with Crippen molar-refractivity contribution in [3.05, 3.63) is 33.8 Å². The zero-order chi connectivity index (χ0) is 12.8. The first-order chi connectivity index (χ1) is 8.06. The molecule has 0 aliphatic heterocycles. The van der Waals surface area contributed by atoms with Gasteiger partial charge in [0.25, 0.3) is 0 Å². The fourth-order valence-corrected chi connectivity index (χ4v) is 2.57. The summed E-state index contributed by atoms with van der Waals surface area (Å²) >= 11 is 3.61. The molecule has 1 atom stereocenters. The monoisotopic (exact) mass is 297 g/mol. The quantitative estimate of drug-likeness (QED) is 0.792. The zero-order valence-electron chi connectivity index (χ0n) is 11.4. The highest BCUT2D eigenvalue weighted by molar-refractivity contribution is 9.10. The molecule has 2 heteroatoms. The third-order valence-electron chi connectivity index (χ3n) is 3.31. The summed E-state index contributed by atoms with van der Waals surface area (Å²) in [5.74, 6) is 0.802. The Kier molecular flexibility index (Phi) is 6.21. The predicted molar refractivity (Wildman–Crippen MR) is 79.4 cm³/mol. The number of rotatable bonds is 6. The van der Waals surface area contributed by atoms with Crippen LogP contribution in [-0.2, 0) is 0 Å². The molecule has 1 nitrogen and oxygen atoms in total. The van der Waals surface area contributed by atoms with Gasteiger partial charge in [-0.05, 0) is 43.5 Å². The Labute approximate surface area is 114 Å². The second-order valence-corrected chi connectivity index (χ2v) is 5.97. The molecule has 0 amide bonds. The van der Waals surface area contributed by atoms with Crippen LogP contribution in [0.4, 0.5) is 0 Å². The van der Waals surface area contributed by atoms with Gasteiger partial charge >= 0.3 is 0 Å². The van der Waals surface area contributed by atoms with Crippen molar-refractivity contribution >= 4 is 15.9 Å². The molecular weight excluding hydrogens is 274 g/mol. The van der Waals surface area contributed by atoms with Gasteiger partial charge in [0, 0.05) is 10.5 Å². The molecule has 0 heterocycles. The molecule has 1 N–H and O–H groups in total. The van der Waals surface area contributed by atoms with E-state index in [1.807, 2.05) is 0 Å². The highest BCUT2D eigenvalue weighted by Gasteiger charge is 2.12. The van der Waals surface area contributed by atoms with Crippen molar-refractivity contribution in [2.75, 3.05) is 7.05 Å². The second kappa shape index (κ2) is 7.17. The van der Waals surface area contributed by atoms with E-state index >= 15 is 0 Å². The lowest BCUT2D eigenvalue weighted by molar-refractivity contribution is 0.469. The van der Waals surface area contributed by atoms with Crippen LogP contribution in [0, 0.1) is 12.8 Å². The maximum Gasteiger partial charge on any atom is 0.0320 e. The maximum absolute atomic E-state index is 3.61. The Balaban J connectivity index is 2.69. The summed E-state index contributed by atoms with van der Waals surface area (Å²) in [6, 6.07) is 6.95. The third-order valence-corrected chi connectivity index (χ3v) is 4.17. The molecule has 0 radical (unpaired) electrons. The molecular formula is C15H24BrN. The number of nitrogens with one attached hydrogen (secondary N) is 1. The van der Waals surface area contributed by atoms with E-state index in [2.05, 4.69) is 67.3 Å². The minimum absolute atomic E-state index is 0.478. The highest BCUT2D eigenvalue weighted by Crippen LogP contribution is 2.27. The van der Waals surface area contributed by atoms with E-state index in [0.29, 0.717) is 6.04 Å². The first-order valence-electron chi connectivity index (χ1n) is 6.48. The van der Waals surface area contributed by atoms with Gasteiger partial charge in [0.1, 0.15) is 0 Å². The van der Waals surface area contributed by atoms with Crippen molar-refractivity contribution in [2.24, 2.45) is 5.92 Å². The summed E-state index contributed by atoms with van der Waals surface area (Å²) in [5.41, 5.74) is 2.78. The van der Waals surface area contributed by atoms with Crippen LogP contribution in [0.1, 0.15) is 50.3 Å². The molecule has 0 aliphatic rings. The summed E-state index contributed by atoms with van der Waals surface area (Å²) in [5, 5.41) is 3.44. The number of hydrogen-bond donors (Lipinski definition) is 1. The largest absolute Gasteiger partial charge is 0.313 e. The summed E-state index contributed by atoms with van der Waals surface area (Å²) in [6.07, 6.45) is 3.81. The Morgan fingerprint density at radius 3 is 2.53 bits per heavy atom. The van der Waals surface area contributed by atoms with Gasteiger partial charge in [0.2, 0.25) is 0 Å². The average Bonchev–Trinajstić information content (AvgIpc) is 2.28. The van der Waals surface area contributed by atoms with E-state index in [1.165, 1.54) is 34.9 Å². The van der Waals surface area contributed by atoms with E-state index in [1.54, 1.807) is 0 Å². The molecule has 1 rings (SSSR count). The Hall–Kier alpha value is -0.340. The SMILES string of the molecule is CNC(CCCC(C)C)c1cccc(Br)c1C. The normalized spacial score (nSPS) is 13.1. The molecule has 17 heavy (non-hydrogen) atoms. The van der Waals surface area contributed by atoms with Gasteiger partial charge in [-0.25, -0.2) is 0 Å². The molecule has 0 fully saturated rings. The van der Waals surface area contributed by atoms with Crippen LogP contribution in [-0.4, -0.2) is 7.05 Å². The van der Waals surface area contributed by atoms with E-state index in [0.717, 1.165) is 5.92 Å².